The van der Waals surface area contributed by atoms with E-state index >= 15 is 0 Å². The fraction of sp³-hybridized carbons (Fsp3) is 0.647. The monoisotopic (exact) mass is 293 g/mol. The Balaban J connectivity index is 1.50. The lowest BCUT2D eigenvalue weighted by Crippen LogP contribution is -2.30. The highest BCUT2D eigenvalue weighted by Gasteiger charge is 2.29. The maximum atomic E-state index is 10.3. The second-order valence-electron chi connectivity index (χ2n) is 6.49. The van der Waals surface area contributed by atoms with E-state index in [1.165, 1.54) is 38.8 Å². The van der Waals surface area contributed by atoms with Crippen LogP contribution in [0.3, 0.4) is 0 Å². The maximum Gasteiger partial charge on any atom is 0.0802 e. The predicted molar refractivity (Wildman–Crippen MR) is 82.9 cm³/mol. The topological polar surface area (TPSA) is 23.5 Å². The lowest BCUT2D eigenvalue weighted by molar-refractivity contribution is 0.136. The summed E-state index contributed by atoms with van der Waals surface area (Å²) < 4.78 is 0. The van der Waals surface area contributed by atoms with Gasteiger partial charge in [-0.15, -0.1) is 0 Å². The second-order valence-corrected chi connectivity index (χ2v) is 6.93. The van der Waals surface area contributed by atoms with Crippen molar-refractivity contribution in [1.82, 2.24) is 4.90 Å². The first-order valence-electron chi connectivity index (χ1n) is 7.86. The van der Waals surface area contributed by atoms with Crippen molar-refractivity contribution in [1.29, 1.82) is 0 Å². The second kappa shape index (κ2) is 6.46. The van der Waals surface area contributed by atoms with E-state index < -0.39 is 0 Å². The molecular weight excluding hydrogens is 270 g/mol. The van der Waals surface area contributed by atoms with Crippen molar-refractivity contribution in [3.63, 3.8) is 0 Å². The van der Waals surface area contributed by atoms with Crippen LogP contribution in [0.4, 0.5) is 0 Å². The first-order valence-corrected chi connectivity index (χ1v) is 8.24. The van der Waals surface area contributed by atoms with E-state index in [0.29, 0.717) is 0 Å². The van der Waals surface area contributed by atoms with Crippen LogP contribution < -0.4 is 0 Å². The van der Waals surface area contributed by atoms with Crippen molar-refractivity contribution in [3.05, 3.63) is 34.9 Å². The van der Waals surface area contributed by atoms with Crippen LogP contribution in [0.15, 0.2) is 24.3 Å². The van der Waals surface area contributed by atoms with Gasteiger partial charge >= 0.3 is 0 Å². The fourth-order valence-corrected chi connectivity index (χ4v) is 3.91. The fourth-order valence-electron chi connectivity index (χ4n) is 3.79. The molecule has 0 spiro atoms. The molecule has 1 N–H and O–H groups in total. The van der Waals surface area contributed by atoms with Crippen molar-refractivity contribution in [2.75, 3.05) is 19.6 Å². The normalized spacial score (nSPS) is 28.3. The van der Waals surface area contributed by atoms with E-state index in [1.807, 2.05) is 24.3 Å². The minimum atomic E-state index is -0.368. The Kier molecular flexibility index (Phi) is 4.65. The molecule has 20 heavy (non-hydrogen) atoms. The summed E-state index contributed by atoms with van der Waals surface area (Å²) in [5.74, 6) is 1.89. The third kappa shape index (κ3) is 3.55. The highest BCUT2D eigenvalue weighted by molar-refractivity contribution is 6.30. The Morgan fingerprint density at radius 2 is 1.90 bits per heavy atom. The molecule has 1 saturated heterocycles. The molecule has 3 rings (SSSR count). The quantitative estimate of drug-likeness (QED) is 0.910. The standard InChI is InChI=1S/C17H24ClNO/c18-16-5-3-15(4-6-16)17(20)8-10-19-9-7-13-1-2-14(11-13)12-19/h3-6,13-14,17,20H,1-2,7-12H2/t13-,14-,17-/m0/s1. The Morgan fingerprint density at radius 3 is 2.70 bits per heavy atom. The highest BCUT2D eigenvalue weighted by Crippen LogP contribution is 2.36. The van der Waals surface area contributed by atoms with Gasteiger partial charge in [0, 0.05) is 18.1 Å². The van der Waals surface area contributed by atoms with Gasteiger partial charge in [0.05, 0.1) is 6.10 Å². The summed E-state index contributed by atoms with van der Waals surface area (Å²) in [5, 5.41) is 11.0. The summed E-state index contributed by atoms with van der Waals surface area (Å²) in [6, 6.07) is 7.56. The van der Waals surface area contributed by atoms with Crippen LogP contribution in [0.1, 0.15) is 43.8 Å². The van der Waals surface area contributed by atoms with Crippen molar-refractivity contribution >= 4 is 11.6 Å². The van der Waals surface area contributed by atoms with Crippen molar-refractivity contribution in [2.24, 2.45) is 11.8 Å². The van der Waals surface area contributed by atoms with Crippen molar-refractivity contribution < 1.29 is 5.11 Å². The molecular formula is C17H24ClNO. The summed E-state index contributed by atoms with van der Waals surface area (Å²) in [7, 11) is 0. The molecule has 3 atom stereocenters. The van der Waals surface area contributed by atoms with E-state index in [4.69, 9.17) is 11.6 Å². The van der Waals surface area contributed by atoms with Crippen LogP contribution >= 0.6 is 11.6 Å². The maximum absolute atomic E-state index is 10.3. The number of halogens is 1. The zero-order valence-electron chi connectivity index (χ0n) is 12.0. The molecule has 1 heterocycles. The number of aliphatic hydroxyl groups excluding tert-OH is 1. The van der Waals surface area contributed by atoms with Crippen molar-refractivity contribution in [3.8, 4) is 0 Å². The number of benzene rings is 1. The molecule has 2 nitrogen and oxygen atoms in total. The number of hydrogen-bond acceptors (Lipinski definition) is 2. The summed E-state index contributed by atoms with van der Waals surface area (Å²) in [6.45, 7) is 3.46. The summed E-state index contributed by atoms with van der Waals surface area (Å²) in [6.07, 6.45) is 6.11. The van der Waals surface area contributed by atoms with Gasteiger partial charge < -0.3 is 10.0 Å². The zero-order valence-corrected chi connectivity index (χ0v) is 12.7. The first kappa shape index (κ1) is 14.4. The van der Waals surface area contributed by atoms with Gasteiger partial charge in [-0.3, -0.25) is 0 Å². The molecule has 2 fully saturated rings. The SMILES string of the molecule is O[C@@H](CCN1CC[C@@H]2CC[C@@H](C2)C1)c1ccc(Cl)cc1. The number of hydrogen-bond donors (Lipinski definition) is 1. The average Bonchev–Trinajstić information content (AvgIpc) is 2.78. The molecule has 2 aliphatic rings. The molecule has 0 aromatic heterocycles. The highest BCUT2D eigenvalue weighted by atomic mass is 35.5. The third-order valence-electron chi connectivity index (χ3n) is 4.99. The molecule has 3 heteroatoms. The van der Waals surface area contributed by atoms with Gasteiger partial charge in [-0.25, -0.2) is 0 Å². The Labute approximate surface area is 126 Å². The largest absolute Gasteiger partial charge is 0.388 e. The number of fused-ring (bicyclic) bond motifs is 2. The van der Waals surface area contributed by atoms with Gasteiger partial charge in [0.15, 0.2) is 0 Å². The van der Waals surface area contributed by atoms with Gasteiger partial charge in [0.25, 0.3) is 0 Å². The number of nitrogens with zero attached hydrogens (tertiary/aromatic N) is 1. The molecule has 1 aliphatic carbocycles. The lowest BCUT2D eigenvalue weighted by Gasteiger charge is -2.25. The molecule has 1 aromatic rings. The summed E-state index contributed by atoms with van der Waals surface area (Å²) in [4.78, 5) is 2.56. The average molecular weight is 294 g/mol. The molecule has 1 saturated carbocycles. The number of rotatable bonds is 4. The van der Waals surface area contributed by atoms with Gasteiger partial charge in [-0.1, -0.05) is 30.2 Å². The molecule has 1 aromatic carbocycles. The van der Waals surface area contributed by atoms with Crippen LogP contribution in [0.2, 0.25) is 5.02 Å². The van der Waals surface area contributed by atoms with Crippen LogP contribution in [0.5, 0.6) is 0 Å². The molecule has 1 aliphatic heterocycles. The minimum absolute atomic E-state index is 0.368. The molecule has 0 amide bonds. The van der Waals surface area contributed by atoms with Crippen LogP contribution in [0, 0.1) is 11.8 Å². The van der Waals surface area contributed by atoms with E-state index in [-0.39, 0.29) is 6.10 Å². The summed E-state index contributed by atoms with van der Waals surface area (Å²) >= 11 is 5.88. The van der Waals surface area contributed by atoms with Gasteiger partial charge in [0.1, 0.15) is 0 Å². The molecule has 2 bridgehead atoms. The number of likely N-dealkylation sites (tertiary alicyclic amines) is 1. The van der Waals surface area contributed by atoms with Crippen LogP contribution in [-0.4, -0.2) is 29.6 Å². The first-order chi connectivity index (χ1) is 9.70. The van der Waals surface area contributed by atoms with E-state index in [0.717, 1.165) is 35.4 Å². The van der Waals surface area contributed by atoms with Crippen LogP contribution in [0.25, 0.3) is 0 Å². The Bertz CT molecular complexity index is 433. The Hall–Kier alpha value is -0.570. The summed E-state index contributed by atoms with van der Waals surface area (Å²) in [5.41, 5.74) is 0.978. The van der Waals surface area contributed by atoms with Crippen molar-refractivity contribution in [2.45, 2.75) is 38.2 Å². The molecule has 0 unspecified atom stereocenters. The molecule has 110 valence electrons. The van der Waals surface area contributed by atoms with E-state index in [2.05, 4.69) is 4.90 Å². The minimum Gasteiger partial charge on any atom is -0.388 e. The van der Waals surface area contributed by atoms with Gasteiger partial charge in [-0.05, 0) is 61.8 Å². The Morgan fingerprint density at radius 1 is 1.15 bits per heavy atom. The van der Waals surface area contributed by atoms with Crippen LogP contribution in [-0.2, 0) is 0 Å². The van der Waals surface area contributed by atoms with E-state index in [9.17, 15) is 5.11 Å². The smallest absolute Gasteiger partial charge is 0.0802 e. The van der Waals surface area contributed by atoms with Gasteiger partial charge in [0.2, 0.25) is 0 Å². The van der Waals surface area contributed by atoms with E-state index in [1.54, 1.807) is 0 Å². The molecule has 0 radical (unpaired) electrons. The lowest BCUT2D eigenvalue weighted by atomic mass is 10.0. The van der Waals surface area contributed by atoms with Gasteiger partial charge in [-0.2, -0.15) is 0 Å². The zero-order chi connectivity index (χ0) is 13.9. The third-order valence-corrected chi connectivity index (χ3v) is 5.25. The number of aliphatic hydroxyl groups is 1. The predicted octanol–water partition coefficient (Wildman–Crippen LogP) is 3.89.